The Bertz CT molecular complexity index is 610. The number of anilines is 1. The number of nitrogens with zero attached hydrogens (tertiary/aromatic N) is 6. The van der Waals surface area contributed by atoms with Gasteiger partial charge in [0.25, 0.3) is 0 Å². The maximum absolute atomic E-state index is 8.57. The standard InChI is InChI=1S/C11H7N7/c12-5-9(6-13)7-14-10-1-3-11(4-2-10)18-16-8-15-17-18/h1-4,7-8,14H. The van der Waals surface area contributed by atoms with Crippen molar-refractivity contribution in [3.8, 4) is 17.8 Å². The highest BCUT2D eigenvalue weighted by Crippen LogP contribution is 2.11. The van der Waals surface area contributed by atoms with Crippen LogP contribution in [0.15, 0.2) is 42.4 Å². The topological polar surface area (TPSA) is 103 Å². The average Bonchev–Trinajstić information content (AvgIpc) is 2.94. The van der Waals surface area contributed by atoms with Crippen molar-refractivity contribution in [1.82, 2.24) is 20.2 Å². The first-order valence-electron chi connectivity index (χ1n) is 4.94. The quantitative estimate of drug-likeness (QED) is 0.799. The number of allylic oxidation sites excluding steroid dienone is 1. The summed E-state index contributed by atoms with van der Waals surface area (Å²) >= 11 is 0. The molecule has 0 saturated heterocycles. The van der Waals surface area contributed by atoms with Crippen molar-refractivity contribution in [2.45, 2.75) is 0 Å². The molecule has 0 aliphatic heterocycles. The second kappa shape index (κ2) is 5.23. The van der Waals surface area contributed by atoms with Crippen LogP contribution in [0.5, 0.6) is 0 Å². The van der Waals surface area contributed by atoms with Crippen LogP contribution in [-0.2, 0) is 0 Å². The fraction of sp³-hybridized carbons (Fsp3) is 0. The summed E-state index contributed by atoms with van der Waals surface area (Å²) in [6, 6.07) is 10.7. The Kier molecular flexibility index (Phi) is 3.29. The molecule has 2 aromatic rings. The third-order valence-electron chi connectivity index (χ3n) is 2.07. The van der Waals surface area contributed by atoms with Crippen molar-refractivity contribution in [1.29, 1.82) is 10.5 Å². The molecule has 1 N–H and O–H groups in total. The number of rotatable bonds is 3. The second-order valence-corrected chi connectivity index (χ2v) is 3.20. The Balaban J connectivity index is 2.12. The molecule has 0 bridgehead atoms. The molecule has 0 amide bonds. The Morgan fingerprint density at radius 3 is 2.50 bits per heavy atom. The Morgan fingerprint density at radius 2 is 1.94 bits per heavy atom. The molecule has 7 nitrogen and oxygen atoms in total. The summed E-state index contributed by atoms with van der Waals surface area (Å²) in [4.78, 5) is 1.38. The summed E-state index contributed by atoms with van der Waals surface area (Å²) in [5.74, 6) is 0. The largest absolute Gasteiger partial charge is 0.360 e. The molecule has 7 heteroatoms. The molecule has 18 heavy (non-hydrogen) atoms. The Hall–Kier alpha value is -3.19. The molecule has 1 heterocycles. The number of hydrogen-bond acceptors (Lipinski definition) is 6. The van der Waals surface area contributed by atoms with Crippen molar-refractivity contribution < 1.29 is 0 Å². The van der Waals surface area contributed by atoms with Gasteiger partial charge in [0.05, 0.1) is 5.69 Å². The monoisotopic (exact) mass is 237 g/mol. The number of nitrogens with one attached hydrogen (secondary N) is 1. The molecular weight excluding hydrogens is 230 g/mol. The van der Waals surface area contributed by atoms with Crippen LogP contribution in [0.3, 0.4) is 0 Å². The van der Waals surface area contributed by atoms with Gasteiger partial charge in [0, 0.05) is 11.9 Å². The van der Waals surface area contributed by atoms with Crippen LogP contribution in [0, 0.1) is 22.7 Å². The Morgan fingerprint density at radius 1 is 1.22 bits per heavy atom. The predicted molar refractivity (Wildman–Crippen MR) is 62.1 cm³/mol. The highest BCUT2D eigenvalue weighted by Gasteiger charge is 1.98. The van der Waals surface area contributed by atoms with Crippen LogP contribution in [-0.4, -0.2) is 20.2 Å². The highest BCUT2D eigenvalue weighted by atomic mass is 15.6. The SMILES string of the molecule is N#CC(C#N)=CNc1ccc(-n2ncnn2)cc1. The molecule has 0 aliphatic rings. The average molecular weight is 237 g/mol. The first kappa shape index (κ1) is 11.3. The molecule has 0 unspecified atom stereocenters. The number of nitriles is 2. The van der Waals surface area contributed by atoms with E-state index < -0.39 is 0 Å². The molecule has 0 atom stereocenters. The number of hydrogen-bond donors (Lipinski definition) is 1. The van der Waals surface area contributed by atoms with Gasteiger partial charge >= 0.3 is 0 Å². The molecule has 1 aromatic carbocycles. The van der Waals surface area contributed by atoms with Gasteiger partial charge in [-0.1, -0.05) is 0 Å². The summed E-state index contributed by atoms with van der Waals surface area (Å²) < 4.78 is 0. The van der Waals surface area contributed by atoms with E-state index in [0.717, 1.165) is 11.4 Å². The molecule has 0 fully saturated rings. The van der Waals surface area contributed by atoms with Crippen LogP contribution in [0.1, 0.15) is 0 Å². The van der Waals surface area contributed by atoms with Gasteiger partial charge in [0.15, 0.2) is 6.33 Å². The highest BCUT2D eigenvalue weighted by molar-refractivity contribution is 5.52. The third-order valence-corrected chi connectivity index (χ3v) is 2.07. The predicted octanol–water partition coefficient (Wildman–Crippen LogP) is 1.01. The molecule has 0 aliphatic carbocycles. The van der Waals surface area contributed by atoms with Gasteiger partial charge in [-0.15, -0.1) is 15.0 Å². The van der Waals surface area contributed by atoms with E-state index in [-0.39, 0.29) is 5.57 Å². The van der Waals surface area contributed by atoms with Crippen LogP contribution in [0.4, 0.5) is 5.69 Å². The lowest BCUT2D eigenvalue weighted by Crippen LogP contribution is -1.99. The van der Waals surface area contributed by atoms with Crippen molar-refractivity contribution in [2.24, 2.45) is 0 Å². The van der Waals surface area contributed by atoms with Crippen LogP contribution >= 0.6 is 0 Å². The van der Waals surface area contributed by atoms with Gasteiger partial charge in [-0.3, -0.25) is 0 Å². The lowest BCUT2D eigenvalue weighted by molar-refractivity contribution is 0.720. The van der Waals surface area contributed by atoms with Crippen LogP contribution < -0.4 is 5.32 Å². The molecule has 86 valence electrons. The minimum atomic E-state index is 0.0111. The van der Waals surface area contributed by atoms with Crippen molar-refractivity contribution in [2.75, 3.05) is 5.32 Å². The molecule has 0 radical (unpaired) electrons. The fourth-order valence-electron chi connectivity index (χ4n) is 1.22. The zero-order valence-corrected chi connectivity index (χ0v) is 9.15. The number of benzene rings is 1. The lowest BCUT2D eigenvalue weighted by Gasteiger charge is -2.02. The van der Waals surface area contributed by atoms with E-state index >= 15 is 0 Å². The van der Waals surface area contributed by atoms with E-state index in [1.807, 2.05) is 0 Å². The minimum Gasteiger partial charge on any atom is -0.360 e. The van der Waals surface area contributed by atoms with Crippen molar-refractivity contribution in [3.05, 3.63) is 42.4 Å². The van der Waals surface area contributed by atoms with Crippen molar-refractivity contribution >= 4 is 5.69 Å². The van der Waals surface area contributed by atoms with Gasteiger partial charge in [0.2, 0.25) is 0 Å². The minimum absolute atomic E-state index is 0.0111. The summed E-state index contributed by atoms with van der Waals surface area (Å²) in [5.41, 5.74) is 1.53. The zero-order valence-electron chi connectivity index (χ0n) is 9.15. The normalized spacial score (nSPS) is 9.00. The summed E-state index contributed by atoms with van der Waals surface area (Å²) in [6.07, 6.45) is 2.70. The van der Waals surface area contributed by atoms with Crippen LogP contribution in [0.2, 0.25) is 0 Å². The van der Waals surface area contributed by atoms with E-state index in [1.54, 1.807) is 36.4 Å². The van der Waals surface area contributed by atoms with Crippen molar-refractivity contribution in [3.63, 3.8) is 0 Å². The van der Waals surface area contributed by atoms with Gasteiger partial charge in [0.1, 0.15) is 17.7 Å². The Labute approximate surface area is 103 Å². The summed E-state index contributed by atoms with van der Waals surface area (Å²) in [6.45, 7) is 0. The molecule has 0 spiro atoms. The van der Waals surface area contributed by atoms with Gasteiger partial charge in [-0.2, -0.15) is 10.5 Å². The van der Waals surface area contributed by atoms with E-state index in [1.165, 1.54) is 17.3 Å². The fourth-order valence-corrected chi connectivity index (χ4v) is 1.22. The summed E-state index contributed by atoms with van der Waals surface area (Å²) in [5, 5.41) is 31.2. The zero-order chi connectivity index (χ0) is 12.8. The number of tetrazole rings is 1. The van der Waals surface area contributed by atoms with E-state index in [9.17, 15) is 0 Å². The first-order chi connectivity index (χ1) is 8.83. The van der Waals surface area contributed by atoms with E-state index in [0.29, 0.717) is 0 Å². The van der Waals surface area contributed by atoms with E-state index in [4.69, 9.17) is 10.5 Å². The molecule has 2 rings (SSSR count). The second-order valence-electron chi connectivity index (χ2n) is 3.20. The first-order valence-corrected chi connectivity index (χ1v) is 4.94. The lowest BCUT2D eigenvalue weighted by atomic mass is 10.3. The smallest absolute Gasteiger partial charge is 0.162 e. The number of aromatic nitrogens is 4. The summed E-state index contributed by atoms with van der Waals surface area (Å²) in [7, 11) is 0. The molecular formula is C11H7N7. The third kappa shape index (κ3) is 2.49. The van der Waals surface area contributed by atoms with Gasteiger partial charge < -0.3 is 5.32 Å². The maximum atomic E-state index is 8.57. The maximum Gasteiger partial charge on any atom is 0.162 e. The van der Waals surface area contributed by atoms with Crippen LogP contribution in [0.25, 0.3) is 5.69 Å². The van der Waals surface area contributed by atoms with E-state index in [2.05, 4.69) is 20.7 Å². The molecule has 1 aromatic heterocycles. The molecule has 0 saturated carbocycles. The van der Waals surface area contributed by atoms with Gasteiger partial charge in [-0.25, -0.2) is 0 Å². The van der Waals surface area contributed by atoms with Gasteiger partial charge in [-0.05, 0) is 29.5 Å².